The maximum absolute atomic E-state index is 14.4. The fourth-order valence-corrected chi connectivity index (χ4v) is 7.81. The molecule has 3 saturated heterocycles. The van der Waals surface area contributed by atoms with Crippen molar-refractivity contribution < 1.29 is 14.2 Å². The second-order valence-corrected chi connectivity index (χ2v) is 12.6. The molecule has 0 radical (unpaired) electrons. The predicted octanol–water partition coefficient (Wildman–Crippen LogP) is 5.37. The lowest BCUT2D eigenvalue weighted by Gasteiger charge is -2.34. The van der Waals surface area contributed by atoms with Crippen LogP contribution in [0.25, 0.3) is 10.8 Å². The van der Waals surface area contributed by atoms with Gasteiger partial charge in [0.2, 0.25) is 0 Å². The molecule has 3 atom stereocenters. The van der Waals surface area contributed by atoms with E-state index in [1.807, 2.05) is 24.3 Å². The molecule has 7 rings (SSSR count). The molecule has 0 amide bonds. The van der Waals surface area contributed by atoms with Crippen LogP contribution in [0.4, 0.5) is 15.9 Å². The Bertz CT molecular complexity index is 1510. The van der Waals surface area contributed by atoms with Gasteiger partial charge in [-0.3, -0.25) is 4.90 Å². The van der Waals surface area contributed by atoms with E-state index >= 15 is 0 Å². The zero-order chi connectivity index (χ0) is 28.7. The van der Waals surface area contributed by atoms with Gasteiger partial charge in [-0.05, 0) is 62.4 Å². The molecule has 3 aromatic rings. The van der Waals surface area contributed by atoms with Crippen molar-refractivity contribution in [3.8, 4) is 17.8 Å². The molecule has 4 aliphatic heterocycles. The molecule has 4 aliphatic rings. The molecule has 0 spiro atoms. The number of fused-ring (bicyclic) bond motifs is 3. The van der Waals surface area contributed by atoms with Crippen LogP contribution in [0.2, 0.25) is 0 Å². The highest BCUT2D eigenvalue weighted by Gasteiger charge is 2.49. The van der Waals surface area contributed by atoms with Crippen LogP contribution >= 0.6 is 0 Å². The lowest BCUT2D eigenvalue weighted by molar-refractivity contribution is 0.107. The number of nitriles is 1. The van der Waals surface area contributed by atoms with Crippen molar-refractivity contribution >= 4 is 22.3 Å². The maximum atomic E-state index is 14.4. The monoisotopic (exact) mass is 570 g/mol. The average molecular weight is 571 g/mol. The average Bonchev–Trinajstić information content (AvgIpc) is 3.41. The SMILES string of the molecule is N#CCC1CCCN(c2nc(OC[C@@]34CCCN3CC(F)C4)nc3c2CCN(c2cc(O)cc4ccccc24)C3)CC1. The van der Waals surface area contributed by atoms with Crippen LogP contribution in [0.1, 0.15) is 56.2 Å². The minimum atomic E-state index is -0.807. The number of hydrogen-bond donors (Lipinski definition) is 1. The summed E-state index contributed by atoms with van der Waals surface area (Å²) in [6, 6.07) is 14.5. The second-order valence-electron chi connectivity index (χ2n) is 12.6. The molecule has 8 nitrogen and oxygen atoms in total. The summed E-state index contributed by atoms with van der Waals surface area (Å²) in [5, 5.41) is 21.9. The molecule has 3 fully saturated rings. The van der Waals surface area contributed by atoms with Gasteiger partial charge in [0.25, 0.3) is 0 Å². The quantitative estimate of drug-likeness (QED) is 0.423. The summed E-state index contributed by atoms with van der Waals surface area (Å²) in [6.07, 6.45) is 6.15. The number of aromatic hydroxyl groups is 1. The lowest BCUT2D eigenvalue weighted by atomic mass is 9.95. The highest BCUT2D eigenvalue weighted by molar-refractivity contribution is 5.95. The molecule has 1 aromatic heterocycles. The van der Waals surface area contributed by atoms with Gasteiger partial charge in [-0.1, -0.05) is 24.3 Å². The Morgan fingerprint density at radius 3 is 2.88 bits per heavy atom. The number of rotatable bonds is 6. The summed E-state index contributed by atoms with van der Waals surface area (Å²) in [4.78, 5) is 16.9. The van der Waals surface area contributed by atoms with Gasteiger partial charge < -0.3 is 19.6 Å². The summed E-state index contributed by atoms with van der Waals surface area (Å²) in [5.41, 5.74) is 2.83. The first-order chi connectivity index (χ1) is 20.5. The van der Waals surface area contributed by atoms with E-state index in [1.165, 1.54) is 0 Å². The van der Waals surface area contributed by atoms with E-state index in [0.29, 0.717) is 44.5 Å². The zero-order valence-corrected chi connectivity index (χ0v) is 24.1. The van der Waals surface area contributed by atoms with Crippen molar-refractivity contribution in [2.24, 2.45) is 5.92 Å². The number of halogens is 1. The standard InChI is InChI=1S/C33H39FN6O2/c34-25-19-33(11-4-14-40(33)20-25)22-42-32-36-29-21-39(30-18-26(41)17-24-6-1-2-7-27(24)30)16-10-28(29)31(37-32)38-13-3-5-23(8-12-35)9-15-38/h1-2,6-7,17-18,23,25,41H,3-5,8-11,13-16,19-22H2/t23?,25?,33-/m0/s1. The number of nitrogens with zero attached hydrogens (tertiary/aromatic N) is 6. The van der Waals surface area contributed by atoms with Crippen LogP contribution in [0, 0.1) is 17.2 Å². The number of aromatic nitrogens is 2. The Morgan fingerprint density at radius 1 is 1.07 bits per heavy atom. The minimum Gasteiger partial charge on any atom is -0.508 e. The van der Waals surface area contributed by atoms with E-state index in [4.69, 9.17) is 14.7 Å². The van der Waals surface area contributed by atoms with E-state index in [-0.39, 0.29) is 11.3 Å². The molecule has 9 heteroatoms. The number of hydrogen-bond acceptors (Lipinski definition) is 8. The molecule has 1 N–H and O–H groups in total. The molecular weight excluding hydrogens is 531 g/mol. The van der Waals surface area contributed by atoms with Crippen LogP contribution in [0.5, 0.6) is 11.8 Å². The smallest absolute Gasteiger partial charge is 0.318 e. The van der Waals surface area contributed by atoms with E-state index in [0.717, 1.165) is 98.2 Å². The largest absolute Gasteiger partial charge is 0.508 e. The Hall–Kier alpha value is -3.64. The number of phenolic OH excluding ortho intramolecular Hbond substituents is 1. The number of phenols is 1. The van der Waals surface area contributed by atoms with Crippen LogP contribution in [-0.2, 0) is 13.0 Å². The molecule has 42 heavy (non-hydrogen) atoms. The molecule has 0 saturated carbocycles. The Kier molecular flexibility index (Phi) is 7.27. The predicted molar refractivity (Wildman–Crippen MR) is 161 cm³/mol. The number of alkyl halides is 1. The third kappa shape index (κ3) is 5.11. The van der Waals surface area contributed by atoms with Gasteiger partial charge in [0.05, 0.1) is 23.8 Å². The minimum absolute atomic E-state index is 0.251. The molecule has 5 heterocycles. The first-order valence-electron chi connectivity index (χ1n) is 15.5. The second kappa shape index (κ2) is 11.2. The van der Waals surface area contributed by atoms with E-state index in [2.05, 4.69) is 26.8 Å². The van der Waals surface area contributed by atoms with Gasteiger partial charge in [-0.25, -0.2) is 4.39 Å². The van der Waals surface area contributed by atoms with Crippen molar-refractivity contribution in [3.63, 3.8) is 0 Å². The van der Waals surface area contributed by atoms with E-state index in [1.54, 1.807) is 6.07 Å². The lowest BCUT2D eigenvalue weighted by Crippen LogP contribution is -2.43. The van der Waals surface area contributed by atoms with Gasteiger partial charge in [0.1, 0.15) is 24.3 Å². The molecular formula is C33H39FN6O2. The number of ether oxygens (including phenoxy) is 1. The molecule has 0 bridgehead atoms. The third-order valence-electron chi connectivity index (χ3n) is 9.95. The first-order valence-corrected chi connectivity index (χ1v) is 15.5. The highest BCUT2D eigenvalue weighted by Crippen LogP contribution is 2.41. The first kappa shape index (κ1) is 27.2. The topological polar surface area (TPSA) is 88.8 Å². The van der Waals surface area contributed by atoms with Crippen LogP contribution in [0.15, 0.2) is 36.4 Å². The maximum Gasteiger partial charge on any atom is 0.318 e. The summed E-state index contributed by atoms with van der Waals surface area (Å²) in [5.74, 6) is 1.62. The van der Waals surface area contributed by atoms with Gasteiger partial charge in [0, 0.05) is 61.7 Å². The van der Waals surface area contributed by atoms with Crippen LogP contribution in [-0.4, -0.2) is 71.0 Å². The van der Waals surface area contributed by atoms with E-state index in [9.17, 15) is 14.8 Å². The van der Waals surface area contributed by atoms with Crippen molar-refractivity contribution in [2.45, 2.75) is 69.6 Å². The molecule has 2 aromatic carbocycles. The highest BCUT2D eigenvalue weighted by atomic mass is 19.1. The molecule has 2 unspecified atom stereocenters. The van der Waals surface area contributed by atoms with Crippen molar-refractivity contribution in [1.82, 2.24) is 14.9 Å². The number of anilines is 2. The fourth-order valence-electron chi connectivity index (χ4n) is 7.81. The normalized spacial score (nSPS) is 26.1. The third-order valence-corrected chi connectivity index (χ3v) is 9.95. The van der Waals surface area contributed by atoms with Gasteiger partial charge >= 0.3 is 6.01 Å². The van der Waals surface area contributed by atoms with Gasteiger partial charge in [-0.2, -0.15) is 15.2 Å². The van der Waals surface area contributed by atoms with Gasteiger partial charge in [-0.15, -0.1) is 0 Å². The Balaban J connectivity index is 1.21. The summed E-state index contributed by atoms with van der Waals surface area (Å²) >= 11 is 0. The van der Waals surface area contributed by atoms with E-state index < -0.39 is 6.17 Å². The summed E-state index contributed by atoms with van der Waals surface area (Å²) in [7, 11) is 0. The Labute approximate surface area is 246 Å². The Morgan fingerprint density at radius 2 is 1.98 bits per heavy atom. The van der Waals surface area contributed by atoms with Crippen LogP contribution < -0.4 is 14.5 Å². The van der Waals surface area contributed by atoms with Crippen molar-refractivity contribution in [1.29, 1.82) is 5.26 Å². The molecule has 0 aliphatic carbocycles. The van der Waals surface area contributed by atoms with Crippen molar-refractivity contribution in [3.05, 3.63) is 47.7 Å². The summed E-state index contributed by atoms with van der Waals surface area (Å²) < 4.78 is 20.8. The zero-order valence-electron chi connectivity index (χ0n) is 24.1. The van der Waals surface area contributed by atoms with Crippen molar-refractivity contribution in [2.75, 3.05) is 49.1 Å². The summed E-state index contributed by atoms with van der Waals surface area (Å²) in [6.45, 7) is 4.94. The number of benzene rings is 2. The van der Waals surface area contributed by atoms with Crippen LogP contribution in [0.3, 0.4) is 0 Å². The van der Waals surface area contributed by atoms with Gasteiger partial charge in [0.15, 0.2) is 0 Å². The molecule has 220 valence electrons. The fraction of sp³-hybridized carbons (Fsp3) is 0.545.